The van der Waals surface area contributed by atoms with E-state index in [0.29, 0.717) is 12.3 Å². The first-order valence-corrected chi connectivity index (χ1v) is 8.01. The summed E-state index contributed by atoms with van der Waals surface area (Å²) in [6.45, 7) is 4.00. The third kappa shape index (κ3) is 1.93. The highest BCUT2D eigenvalue weighted by molar-refractivity contribution is 7.10. The van der Waals surface area contributed by atoms with E-state index in [2.05, 4.69) is 28.4 Å². The zero-order valence-electron chi connectivity index (χ0n) is 12.0. The number of hydrogen-bond donors (Lipinski definition) is 1. The van der Waals surface area contributed by atoms with E-state index in [4.69, 9.17) is 0 Å². The highest BCUT2D eigenvalue weighted by Crippen LogP contribution is 2.42. The van der Waals surface area contributed by atoms with Gasteiger partial charge in [-0.1, -0.05) is 13.0 Å². The van der Waals surface area contributed by atoms with E-state index in [9.17, 15) is 4.79 Å². The molecule has 0 saturated carbocycles. The summed E-state index contributed by atoms with van der Waals surface area (Å²) in [7, 11) is 0. The van der Waals surface area contributed by atoms with Crippen LogP contribution in [0.1, 0.15) is 36.5 Å². The van der Waals surface area contributed by atoms with Gasteiger partial charge in [-0.15, -0.1) is 11.3 Å². The fraction of sp³-hybridized carbons (Fsp3) is 0.400. The minimum absolute atomic E-state index is 0.127. The Kier molecular flexibility index (Phi) is 2.75. The lowest BCUT2D eigenvalue weighted by Gasteiger charge is -2.33. The molecule has 1 aliphatic heterocycles. The van der Waals surface area contributed by atoms with E-state index in [1.807, 2.05) is 23.1 Å². The zero-order valence-corrected chi connectivity index (χ0v) is 12.8. The maximum Gasteiger partial charge on any atom is 0.226 e. The number of fused-ring (bicyclic) bond motifs is 1. The Morgan fingerprint density at radius 2 is 2.29 bits per heavy atom. The smallest absolute Gasteiger partial charge is 0.226 e. The Labute approximate surface area is 126 Å². The second-order valence-corrected chi connectivity index (χ2v) is 6.78. The highest BCUT2D eigenvalue weighted by Gasteiger charge is 2.38. The van der Waals surface area contributed by atoms with Crippen LogP contribution in [0, 0.1) is 12.8 Å². The molecule has 0 saturated heterocycles. The van der Waals surface area contributed by atoms with Crippen molar-refractivity contribution in [2.75, 3.05) is 5.32 Å². The molecule has 0 aromatic carbocycles. The first kappa shape index (κ1) is 12.8. The monoisotopic (exact) mass is 300 g/mol. The normalized spacial score (nSPS) is 24.6. The summed E-state index contributed by atoms with van der Waals surface area (Å²) in [5.74, 6) is 2.07. The Morgan fingerprint density at radius 1 is 1.43 bits per heavy atom. The predicted molar refractivity (Wildman–Crippen MR) is 81.3 cm³/mol. The number of aromatic nitrogens is 3. The fourth-order valence-corrected chi connectivity index (χ4v) is 4.04. The molecule has 21 heavy (non-hydrogen) atoms. The molecule has 2 aromatic rings. The van der Waals surface area contributed by atoms with Gasteiger partial charge in [-0.3, -0.25) is 4.79 Å². The lowest BCUT2D eigenvalue weighted by molar-refractivity contribution is -0.117. The molecule has 0 spiro atoms. The average Bonchev–Trinajstić information content (AvgIpc) is 3.03. The van der Waals surface area contributed by atoms with E-state index in [1.165, 1.54) is 0 Å². The van der Waals surface area contributed by atoms with Gasteiger partial charge >= 0.3 is 0 Å². The molecule has 3 heterocycles. The number of Topliss-reactive ketones (excluding diaryl/α,β-unsaturated/α-hetero) is 1. The largest absolute Gasteiger partial charge is 0.328 e. The molecular weight excluding hydrogens is 284 g/mol. The summed E-state index contributed by atoms with van der Waals surface area (Å²) in [6, 6.07) is 3.96. The lowest BCUT2D eigenvalue weighted by Crippen LogP contribution is -2.33. The summed E-state index contributed by atoms with van der Waals surface area (Å²) in [5.41, 5.74) is 1.89. The van der Waals surface area contributed by atoms with Crippen molar-refractivity contribution in [3.05, 3.63) is 39.5 Å². The van der Waals surface area contributed by atoms with Gasteiger partial charge in [0.2, 0.25) is 5.95 Å². The minimum Gasteiger partial charge on any atom is -0.328 e. The Hall–Kier alpha value is -1.95. The number of nitrogens with zero attached hydrogens (tertiary/aromatic N) is 3. The number of anilines is 1. The van der Waals surface area contributed by atoms with Crippen molar-refractivity contribution in [1.29, 1.82) is 0 Å². The quantitative estimate of drug-likeness (QED) is 0.879. The van der Waals surface area contributed by atoms with Gasteiger partial charge in [-0.05, 0) is 30.7 Å². The minimum atomic E-state index is -0.127. The number of carbonyl (C=O) groups excluding carboxylic acids is 1. The van der Waals surface area contributed by atoms with Crippen LogP contribution >= 0.6 is 11.3 Å². The van der Waals surface area contributed by atoms with Crippen LogP contribution in [0.15, 0.2) is 28.8 Å². The predicted octanol–water partition coefficient (Wildman–Crippen LogP) is 2.92. The van der Waals surface area contributed by atoms with Crippen molar-refractivity contribution in [2.45, 2.75) is 32.7 Å². The van der Waals surface area contributed by atoms with Gasteiger partial charge in [0, 0.05) is 22.6 Å². The number of thiophene rings is 1. The van der Waals surface area contributed by atoms with Crippen molar-refractivity contribution in [3.63, 3.8) is 0 Å². The van der Waals surface area contributed by atoms with Gasteiger partial charge in [0.15, 0.2) is 5.78 Å². The molecule has 0 amide bonds. The number of rotatable bonds is 1. The Morgan fingerprint density at radius 3 is 3.05 bits per heavy atom. The third-order valence-corrected chi connectivity index (χ3v) is 4.97. The molecule has 0 radical (unpaired) electrons. The van der Waals surface area contributed by atoms with Crippen molar-refractivity contribution in [2.24, 2.45) is 5.92 Å². The van der Waals surface area contributed by atoms with Gasteiger partial charge in [0.05, 0.1) is 0 Å². The first-order chi connectivity index (χ1) is 10.1. The molecule has 6 heteroatoms. The SMILES string of the molecule is Cc1nc2n(n1)[C@@H](c1cccs1)C1=C(C[C@H](C)CC1=O)N2. The highest BCUT2D eigenvalue weighted by atomic mass is 32.1. The summed E-state index contributed by atoms with van der Waals surface area (Å²) in [5, 5.41) is 9.86. The maximum absolute atomic E-state index is 12.6. The van der Waals surface area contributed by atoms with Gasteiger partial charge in [-0.25, -0.2) is 4.68 Å². The summed E-state index contributed by atoms with van der Waals surface area (Å²) in [4.78, 5) is 18.2. The van der Waals surface area contributed by atoms with Crippen LogP contribution < -0.4 is 5.32 Å². The first-order valence-electron chi connectivity index (χ1n) is 7.13. The van der Waals surface area contributed by atoms with Crippen LogP contribution in [0.5, 0.6) is 0 Å². The van der Waals surface area contributed by atoms with E-state index in [0.717, 1.165) is 34.3 Å². The number of aryl methyl sites for hydroxylation is 1. The van der Waals surface area contributed by atoms with Gasteiger partial charge in [-0.2, -0.15) is 10.1 Å². The number of ketones is 1. The summed E-state index contributed by atoms with van der Waals surface area (Å²) in [6.07, 6.45) is 1.51. The second kappa shape index (κ2) is 4.53. The van der Waals surface area contributed by atoms with Crippen LogP contribution in [0.4, 0.5) is 5.95 Å². The molecule has 2 aliphatic rings. The standard InChI is InChI=1S/C15H16N4OS/c1-8-6-10-13(11(20)7-8)14(12-4-3-5-21-12)19-15(17-10)16-9(2)18-19/h3-5,8,14H,6-7H2,1-2H3,(H,16,17,18)/t8-,14-/m0/s1. The summed E-state index contributed by atoms with van der Waals surface area (Å²) < 4.78 is 1.86. The molecule has 5 nitrogen and oxygen atoms in total. The van der Waals surface area contributed by atoms with Gasteiger partial charge in [0.1, 0.15) is 11.9 Å². The third-order valence-electron chi connectivity index (χ3n) is 4.04. The summed E-state index contributed by atoms with van der Waals surface area (Å²) >= 11 is 1.66. The molecule has 1 aliphatic carbocycles. The molecule has 0 fully saturated rings. The van der Waals surface area contributed by atoms with Crippen LogP contribution in [0.2, 0.25) is 0 Å². The Balaban J connectivity index is 1.92. The van der Waals surface area contributed by atoms with Gasteiger partial charge < -0.3 is 5.32 Å². The van der Waals surface area contributed by atoms with E-state index >= 15 is 0 Å². The van der Waals surface area contributed by atoms with Crippen molar-refractivity contribution in [3.8, 4) is 0 Å². The van der Waals surface area contributed by atoms with Crippen LogP contribution in [-0.2, 0) is 4.79 Å². The van der Waals surface area contributed by atoms with Crippen molar-refractivity contribution in [1.82, 2.24) is 14.8 Å². The lowest BCUT2D eigenvalue weighted by atomic mass is 9.83. The molecular formula is C15H16N4OS. The molecule has 2 aromatic heterocycles. The topological polar surface area (TPSA) is 59.8 Å². The van der Waals surface area contributed by atoms with E-state index < -0.39 is 0 Å². The van der Waals surface area contributed by atoms with E-state index in [-0.39, 0.29) is 11.8 Å². The molecule has 0 unspecified atom stereocenters. The Bertz CT molecular complexity index is 744. The number of allylic oxidation sites excluding steroid dienone is 2. The average molecular weight is 300 g/mol. The molecule has 108 valence electrons. The fourth-order valence-electron chi connectivity index (χ4n) is 3.22. The zero-order chi connectivity index (χ0) is 14.6. The number of hydrogen-bond acceptors (Lipinski definition) is 5. The van der Waals surface area contributed by atoms with Crippen molar-refractivity contribution >= 4 is 23.1 Å². The molecule has 2 atom stereocenters. The molecule has 0 bridgehead atoms. The van der Waals surface area contributed by atoms with Crippen molar-refractivity contribution < 1.29 is 4.79 Å². The number of carbonyl (C=O) groups is 1. The second-order valence-electron chi connectivity index (χ2n) is 5.80. The van der Waals surface area contributed by atoms with E-state index in [1.54, 1.807) is 11.3 Å². The van der Waals surface area contributed by atoms with Crippen LogP contribution in [0.3, 0.4) is 0 Å². The maximum atomic E-state index is 12.6. The van der Waals surface area contributed by atoms with Crippen LogP contribution in [0.25, 0.3) is 0 Å². The molecule has 4 rings (SSSR count). The van der Waals surface area contributed by atoms with Crippen LogP contribution in [-0.4, -0.2) is 20.5 Å². The number of nitrogens with one attached hydrogen (secondary N) is 1. The molecule has 1 N–H and O–H groups in total. The van der Waals surface area contributed by atoms with Gasteiger partial charge in [0.25, 0.3) is 0 Å².